The minimum atomic E-state index is -0.452. The Bertz CT molecular complexity index is 1060. The van der Waals surface area contributed by atoms with Crippen molar-refractivity contribution in [3.05, 3.63) is 59.7 Å². The van der Waals surface area contributed by atoms with Crippen LogP contribution in [0.4, 0.5) is 5.69 Å². The van der Waals surface area contributed by atoms with Gasteiger partial charge in [-0.15, -0.1) is 11.8 Å². The van der Waals surface area contributed by atoms with Crippen molar-refractivity contribution in [1.82, 2.24) is 10.2 Å². The molecule has 0 spiro atoms. The number of piperidine rings is 1. The number of anilines is 1. The topological polar surface area (TPSA) is 103 Å². The molecule has 34 heavy (non-hydrogen) atoms. The molecule has 2 aromatic carbocycles. The van der Waals surface area contributed by atoms with Crippen LogP contribution in [0.1, 0.15) is 55.9 Å². The third-order valence-corrected chi connectivity index (χ3v) is 8.10. The van der Waals surface area contributed by atoms with Crippen molar-refractivity contribution in [2.75, 3.05) is 18.1 Å². The van der Waals surface area contributed by atoms with Crippen LogP contribution in [0.15, 0.2) is 53.4 Å². The van der Waals surface area contributed by atoms with Crippen LogP contribution in [-0.4, -0.2) is 47.8 Å². The highest BCUT2D eigenvalue weighted by molar-refractivity contribution is 8.00. The minimum absolute atomic E-state index is 0.0265. The molecule has 8 heteroatoms. The number of nitrogens with two attached hydrogens (primary N) is 1. The van der Waals surface area contributed by atoms with Crippen molar-refractivity contribution < 1.29 is 9.59 Å². The number of nitrogens with zero attached hydrogens (tertiary/aromatic N) is 2. The number of nitrogen functional groups attached to an aromatic ring is 1. The summed E-state index contributed by atoms with van der Waals surface area (Å²) in [5.74, 6) is -0.138. The van der Waals surface area contributed by atoms with E-state index in [-0.39, 0.29) is 24.1 Å². The average Bonchev–Trinajstić information content (AvgIpc) is 2.83. The van der Waals surface area contributed by atoms with E-state index >= 15 is 0 Å². The fourth-order valence-corrected chi connectivity index (χ4v) is 6.02. The number of rotatable bonds is 7. The van der Waals surface area contributed by atoms with Crippen LogP contribution < -0.4 is 16.0 Å². The van der Waals surface area contributed by atoms with Crippen LogP contribution in [-0.2, 0) is 9.59 Å². The first-order chi connectivity index (χ1) is 16.3. The number of nitrogens with one attached hydrogen (secondary N) is 2. The fourth-order valence-electron chi connectivity index (χ4n) is 4.80. The van der Waals surface area contributed by atoms with Gasteiger partial charge in [-0.1, -0.05) is 36.8 Å². The lowest BCUT2D eigenvalue weighted by Crippen LogP contribution is -2.49. The third kappa shape index (κ3) is 5.28. The lowest BCUT2D eigenvalue weighted by atomic mass is 9.98. The second-order valence-electron chi connectivity index (χ2n) is 9.15. The van der Waals surface area contributed by atoms with Gasteiger partial charge in [0, 0.05) is 35.5 Å². The van der Waals surface area contributed by atoms with E-state index in [2.05, 4.69) is 24.1 Å². The van der Waals surface area contributed by atoms with Crippen LogP contribution in [0.5, 0.6) is 0 Å². The summed E-state index contributed by atoms with van der Waals surface area (Å²) in [6.07, 6.45) is 3.78. The monoisotopic (exact) mass is 479 g/mol. The first-order valence-electron chi connectivity index (χ1n) is 11.9. The molecular weight excluding hydrogens is 446 g/mol. The van der Waals surface area contributed by atoms with Gasteiger partial charge < -0.3 is 16.0 Å². The van der Waals surface area contributed by atoms with Gasteiger partial charge in [0.25, 0.3) is 0 Å². The Morgan fingerprint density at radius 3 is 2.62 bits per heavy atom. The van der Waals surface area contributed by atoms with Crippen LogP contribution in [0.2, 0.25) is 0 Å². The minimum Gasteiger partial charge on any atom is -0.384 e. The van der Waals surface area contributed by atoms with Crippen LogP contribution >= 0.6 is 11.8 Å². The summed E-state index contributed by atoms with van der Waals surface area (Å²) in [5.41, 5.74) is 7.90. The molecule has 7 nitrogen and oxygen atoms in total. The molecule has 2 heterocycles. The van der Waals surface area contributed by atoms with E-state index in [1.165, 1.54) is 18.2 Å². The highest BCUT2D eigenvalue weighted by Gasteiger charge is 2.35. The molecule has 1 fully saturated rings. The largest absolute Gasteiger partial charge is 0.384 e. The van der Waals surface area contributed by atoms with Gasteiger partial charge >= 0.3 is 0 Å². The Kier molecular flexibility index (Phi) is 7.58. The predicted molar refractivity (Wildman–Crippen MR) is 137 cm³/mol. The summed E-state index contributed by atoms with van der Waals surface area (Å²) in [6, 6.07) is 16.0. The van der Waals surface area contributed by atoms with Crippen molar-refractivity contribution in [1.29, 1.82) is 5.41 Å². The van der Waals surface area contributed by atoms with Gasteiger partial charge in [0.15, 0.2) is 0 Å². The molecule has 0 saturated carbocycles. The number of benzene rings is 2. The predicted octanol–water partition coefficient (Wildman–Crippen LogP) is 3.88. The van der Waals surface area contributed by atoms with Crippen LogP contribution in [0.3, 0.4) is 0 Å². The summed E-state index contributed by atoms with van der Waals surface area (Å²) in [4.78, 5) is 31.3. The molecule has 2 aliphatic heterocycles. The number of carbonyl (C=O) groups is 2. The summed E-state index contributed by atoms with van der Waals surface area (Å²) >= 11 is 1.50. The van der Waals surface area contributed by atoms with Crippen molar-refractivity contribution in [2.24, 2.45) is 5.73 Å². The first-order valence-corrected chi connectivity index (χ1v) is 12.8. The Morgan fingerprint density at radius 2 is 1.88 bits per heavy atom. The SMILES string of the molecule is C[C@@H]1CCC[C@H](C)N1CNC(=O)CCN1C(=O)C(c2cccc(C(=N)N)c2)Sc2ccccc21. The molecule has 3 atom stereocenters. The molecule has 4 rings (SSSR count). The molecule has 0 aliphatic carbocycles. The Hall–Kier alpha value is -2.84. The molecule has 2 aliphatic rings. The second-order valence-corrected chi connectivity index (χ2v) is 10.3. The fraction of sp³-hybridized carbons (Fsp3) is 0.423. The first kappa shape index (κ1) is 24.3. The number of para-hydroxylation sites is 1. The number of carbonyl (C=O) groups excluding carboxylic acids is 2. The van der Waals surface area contributed by atoms with E-state index in [4.69, 9.17) is 11.1 Å². The molecule has 4 N–H and O–H groups in total. The molecule has 180 valence electrons. The summed E-state index contributed by atoms with van der Waals surface area (Å²) < 4.78 is 0. The smallest absolute Gasteiger partial charge is 0.245 e. The van der Waals surface area contributed by atoms with Gasteiger partial charge in [-0.05, 0) is 50.5 Å². The van der Waals surface area contributed by atoms with Crippen molar-refractivity contribution in [2.45, 2.75) is 61.8 Å². The molecule has 2 aromatic rings. The van der Waals surface area contributed by atoms with Crippen molar-refractivity contribution in [3.63, 3.8) is 0 Å². The van der Waals surface area contributed by atoms with Crippen molar-refractivity contribution >= 4 is 35.1 Å². The van der Waals surface area contributed by atoms with Gasteiger partial charge in [-0.25, -0.2) is 0 Å². The molecule has 0 aromatic heterocycles. The quantitative estimate of drug-likeness (QED) is 0.413. The van der Waals surface area contributed by atoms with Gasteiger partial charge in [-0.3, -0.25) is 19.9 Å². The number of amides is 2. The maximum Gasteiger partial charge on any atom is 0.245 e. The van der Waals surface area contributed by atoms with E-state index in [1.807, 2.05) is 36.4 Å². The highest BCUT2D eigenvalue weighted by atomic mass is 32.2. The van der Waals surface area contributed by atoms with E-state index < -0.39 is 5.25 Å². The van der Waals surface area contributed by atoms with Crippen LogP contribution in [0, 0.1) is 5.41 Å². The summed E-state index contributed by atoms with van der Waals surface area (Å²) in [7, 11) is 0. The molecular formula is C26H33N5O2S. The zero-order valence-electron chi connectivity index (χ0n) is 19.8. The van der Waals surface area contributed by atoms with Crippen molar-refractivity contribution in [3.8, 4) is 0 Å². The third-order valence-electron chi connectivity index (χ3n) is 6.79. The van der Waals surface area contributed by atoms with Crippen LogP contribution in [0.25, 0.3) is 0 Å². The maximum atomic E-state index is 13.6. The number of thioether (sulfide) groups is 1. The van der Waals surface area contributed by atoms with E-state index in [9.17, 15) is 9.59 Å². The molecule has 0 bridgehead atoms. The summed E-state index contributed by atoms with van der Waals surface area (Å²) in [5, 5.41) is 10.3. The van der Waals surface area contributed by atoms with E-state index in [0.29, 0.717) is 30.9 Å². The van der Waals surface area contributed by atoms with Gasteiger partial charge in [-0.2, -0.15) is 0 Å². The molecule has 1 unspecified atom stereocenters. The number of likely N-dealkylation sites (tertiary alicyclic amines) is 1. The number of hydrogen-bond donors (Lipinski definition) is 3. The molecule has 2 amide bonds. The van der Waals surface area contributed by atoms with Gasteiger partial charge in [0.2, 0.25) is 11.8 Å². The number of amidine groups is 1. The average molecular weight is 480 g/mol. The normalized spacial score (nSPS) is 22.8. The van der Waals surface area contributed by atoms with Gasteiger partial charge in [0.05, 0.1) is 12.4 Å². The summed E-state index contributed by atoms with van der Waals surface area (Å²) in [6.45, 7) is 5.28. The molecule has 1 saturated heterocycles. The zero-order chi connectivity index (χ0) is 24.2. The lowest BCUT2D eigenvalue weighted by molar-refractivity contribution is -0.122. The standard InChI is InChI=1S/C26H33N5O2S/c1-17-7-5-8-18(2)31(17)16-29-23(32)13-14-30-21-11-3-4-12-22(21)34-24(26(30)33)19-9-6-10-20(15-19)25(27)28/h3-4,6,9-12,15,17-18,24H,5,7-8,13-14,16H2,1-2H3,(H3,27,28)(H,29,32)/t17-,18+,24?. The number of hydrogen-bond acceptors (Lipinski definition) is 5. The second kappa shape index (κ2) is 10.6. The Balaban J connectivity index is 1.46. The van der Waals surface area contributed by atoms with E-state index in [1.54, 1.807) is 17.0 Å². The highest BCUT2D eigenvalue weighted by Crippen LogP contribution is 2.46. The maximum absolute atomic E-state index is 13.6. The number of fused-ring (bicyclic) bond motifs is 1. The van der Waals surface area contributed by atoms with E-state index in [0.717, 1.165) is 29.0 Å². The molecule has 0 radical (unpaired) electrons. The Labute approximate surface area is 205 Å². The Morgan fingerprint density at radius 1 is 1.15 bits per heavy atom. The lowest BCUT2D eigenvalue weighted by Gasteiger charge is -2.39. The zero-order valence-corrected chi connectivity index (χ0v) is 20.6. The van der Waals surface area contributed by atoms with Gasteiger partial charge in [0.1, 0.15) is 11.1 Å².